The molecule has 0 bridgehead atoms. The SMILES string of the molecule is CC[C@@H](C)[C@H](NC(=O)[C@H](CC(C)C)NC(=O)c1cnccn1)C(=O)N1C[C@H](OCc2ccccc2)C[C@H]1C(=O)N[C@@H](CC(F)F)C(=O)C(=O)NCC(=O)NS(=O)(=O)c1ccc(F)c(F)c1. The van der Waals surface area contributed by atoms with Crippen molar-refractivity contribution in [2.45, 2.75) is 102 Å². The second-order valence-electron chi connectivity index (χ2n) is 15.6. The lowest BCUT2D eigenvalue weighted by molar-refractivity contribution is -0.144. The Labute approximate surface area is 372 Å². The summed E-state index contributed by atoms with van der Waals surface area (Å²) in [6, 6.07) is 4.11. The first kappa shape index (κ1) is 51.3. The summed E-state index contributed by atoms with van der Waals surface area (Å²) in [6.45, 7) is 5.65. The summed E-state index contributed by atoms with van der Waals surface area (Å²) in [5, 5.41) is 9.26. The fourth-order valence-corrected chi connectivity index (χ4v) is 7.63. The number of aromatic nitrogens is 2. The van der Waals surface area contributed by atoms with E-state index in [1.807, 2.05) is 13.8 Å². The molecule has 0 unspecified atom stereocenters. The maximum Gasteiger partial charge on any atom is 0.290 e. The fraction of sp³-hybridized carbons (Fsp3) is 0.452. The van der Waals surface area contributed by atoms with E-state index in [0.717, 1.165) is 10.5 Å². The van der Waals surface area contributed by atoms with Crippen molar-refractivity contribution in [3.8, 4) is 0 Å². The van der Waals surface area contributed by atoms with E-state index in [9.17, 15) is 59.5 Å². The van der Waals surface area contributed by atoms with E-state index in [-0.39, 0.29) is 43.7 Å². The van der Waals surface area contributed by atoms with E-state index in [0.29, 0.717) is 18.6 Å². The number of rotatable bonds is 22. The van der Waals surface area contributed by atoms with Crippen molar-refractivity contribution >= 4 is 51.2 Å². The van der Waals surface area contributed by atoms with Gasteiger partial charge in [0, 0.05) is 31.8 Å². The Morgan fingerprint density at radius 3 is 2.22 bits per heavy atom. The van der Waals surface area contributed by atoms with E-state index in [4.69, 9.17) is 4.74 Å². The predicted octanol–water partition coefficient (Wildman–Crippen LogP) is 1.95. The van der Waals surface area contributed by atoms with Crippen LogP contribution in [0.3, 0.4) is 0 Å². The van der Waals surface area contributed by atoms with Crippen LogP contribution in [0.4, 0.5) is 17.6 Å². The number of hydrogen-bond donors (Lipinski definition) is 5. The van der Waals surface area contributed by atoms with Gasteiger partial charge in [0.25, 0.3) is 27.7 Å². The Hall–Kier alpha value is -6.36. The zero-order valence-electron chi connectivity index (χ0n) is 35.8. The number of amides is 6. The molecule has 65 heavy (non-hydrogen) atoms. The minimum Gasteiger partial charge on any atom is -0.372 e. The number of hydrogen-bond acceptors (Lipinski definition) is 12. The quantitative estimate of drug-likeness (QED) is 0.0717. The number of benzene rings is 2. The van der Waals surface area contributed by atoms with Gasteiger partial charge in [-0.2, -0.15) is 0 Å². The van der Waals surface area contributed by atoms with Gasteiger partial charge in [-0.1, -0.05) is 64.4 Å². The number of sulfonamides is 1. The second-order valence-corrected chi connectivity index (χ2v) is 17.3. The first-order valence-corrected chi connectivity index (χ1v) is 21.9. The number of carbonyl (C=O) groups is 7. The van der Waals surface area contributed by atoms with Crippen LogP contribution in [0.1, 0.15) is 69.4 Å². The van der Waals surface area contributed by atoms with Gasteiger partial charge < -0.3 is 30.9 Å². The normalized spacial score (nSPS) is 16.8. The van der Waals surface area contributed by atoms with Gasteiger partial charge >= 0.3 is 0 Å². The average molecular weight is 935 g/mol. The Morgan fingerprint density at radius 2 is 1.60 bits per heavy atom. The van der Waals surface area contributed by atoms with Crippen LogP contribution in [0.5, 0.6) is 0 Å². The van der Waals surface area contributed by atoms with Crippen molar-refractivity contribution in [2.75, 3.05) is 13.1 Å². The molecule has 0 saturated carbocycles. The number of alkyl halides is 2. The molecule has 2 aromatic carbocycles. The number of ether oxygens (including phenoxy) is 1. The molecule has 1 aliphatic rings. The summed E-state index contributed by atoms with van der Waals surface area (Å²) >= 11 is 0. The van der Waals surface area contributed by atoms with E-state index in [2.05, 4.69) is 25.9 Å². The third-order valence-electron chi connectivity index (χ3n) is 10.2. The van der Waals surface area contributed by atoms with Crippen molar-refractivity contribution < 1.29 is 64.3 Å². The minimum absolute atomic E-state index is 0.0398. The first-order chi connectivity index (χ1) is 30.7. The summed E-state index contributed by atoms with van der Waals surface area (Å²) in [6.07, 6.45) is -1.36. The molecule has 2 heterocycles. The van der Waals surface area contributed by atoms with E-state index in [1.54, 1.807) is 49.5 Å². The topological polar surface area (TPSA) is 252 Å². The van der Waals surface area contributed by atoms with Crippen molar-refractivity contribution in [1.82, 2.24) is 40.9 Å². The van der Waals surface area contributed by atoms with Gasteiger partial charge in [0.2, 0.25) is 29.9 Å². The highest BCUT2D eigenvalue weighted by Crippen LogP contribution is 2.26. The van der Waals surface area contributed by atoms with Crippen molar-refractivity contribution in [3.63, 3.8) is 0 Å². The molecule has 23 heteroatoms. The number of carbonyl (C=O) groups excluding carboxylic acids is 7. The molecule has 352 valence electrons. The zero-order valence-corrected chi connectivity index (χ0v) is 36.6. The Kier molecular flexibility index (Phi) is 18.6. The lowest BCUT2D eigenvalue weighted by Gasteiger charge is -2.33. The highest BCUT2D eigenvalue weighted by atomic mass is 32.2. The summed E-state index contributed by atoms with van der Waals surface area (Å²) in [5.41, 5.74) is 0.683. The van der Waals surface area contributed by atoms with Crippen LogP contribution >= 0.6 is 0 Å². The molecule has 0 aliphatic carbocycles. The van der Waals surface area contributed by atoms with E-state index in [1.165, 1.54) is 23.3 Å². The van der Waals surface area contributed by atoms with Gasteiger partial charge in [-0.3, -0.25) is 38.5 Å². The Bertz CT molecular complexity index is 2300. The highest BCUT2D eigenvalue weighted by molar-refractivity contribution is 7.90. The molecular formula is C42H50F4N8O10S. The van der Waals surface area contributed by atoms with Crippen LogP contribution in [-0.2, 0) is 50.1 Å². The minimum atomic E-state index is -4.79. The molecule has 18 nitrogen and oxygen atoms in total. The summed E-state index contributed by atoms with van der Waals surface area (Å²) in [7, 11) is -4.79. The molecule has 1 saturated heterocycles. The maximum atomic E-state index is 14.6. The standard InChI is InChI=1S/C42H50F4N8O10S/c1-5-24(4)36(52-38(57)31(15-23(2)3)51-39(58)32-19-47-13-14-48-32)42(61)54-21-26(64-22-25-9-7-6-8-10-25)16-33(54)40(59)50-30(18-34(45)46)37(56)41(60)49-20-35(55)53-65(62,63)27-11-12-28(43)29(44)17-27/h6-14,17,19,23-24,26,30-31,33-34,36H,5,15-16,18,20-22H2,1-4H3,(H,49,60)(H,50,59)(H,51,58)(H,52,57)(H,53,55)/t24-,26-,30+,31+,33+,36+/m1/s1. The number of Topliss-reactive ketones (excluding diaryl/α,β-unsaturated/α-hetero) is 1. The van der Waals surface area contributed by atoms with Gasteiger partial charge in [0.05, 0.1) is 30.3 Å². The van der Waals surface area contributed by atoms with Crippen LogP contribution in [0.2, 0.25) is 0 Å². The Morgan fingerprint density at radius 1 is 0.892 bits per heavy atom. The molecule has 3 aromatic rings. The molecule has 1 fully saturated rings. The van der Waals surface area contributed by atoms with Crippen LogP contribution in [0.25, 0.3) is 0 Å². The predicted molar refractivity (Wildman–Crippen MR) is 222 cm³/mol. The molecule has 6 amide bonds. The molecule has 0 radical (unpaired) electrons. The largest absolute Gasteiger partial charge is 0.372 e. The third-order valence-corrected chi connectivity index (χ3v) is 11.6. The molecule has 6 atom stereocenters. The van der Waals surface area contributed by atoms with Crippen LogP contribution < -0.4 is 26.0 Å². The molecule has 1 aromatic heterocycles. The van der Waals surface area contributed by atoms with Crippen molar-refractivity contribution in [3.05, 3.63) is 90.0 Å². The van der Waals surface area contributed by atoms with E-state index >= 15 is 0 Å². The van der Waals surface area contributed by atoms with Gasteiger partial charge in [0.15, 0.2) is 11.6 Å². The summed E-state index contributed by atoms with van der Waals surface area (Å²) in [4.78, 5) is 102. The fourth-order valence-electron chi connectivity index (χ4n) is 6.64. The lowest BCUT2D eigenvalue weighted by Crippen LogP contribution is -2.59. The summed E-state index contributed by atoms with van der Waals surface area (Å²) in [5.74, 6) is -11.7. The smallest absolute Gasteiger partial charge is 0.290 e. The van der Waals surface area contributed by atoms with Gasteiger partial charge in [-0.25, -0.2) is 35.7 Å². The zero-order chi connectivity index (χ0) is 48.0. The molecule has 4 rings (SSSR count). The van der Waals surface area contributed by atoms with Crippen LogP contribution in [-0.4, -0.2) is 114 Å². The van der Waals surface area contributed by atoms with Gasteiger partial charge in [-0.05, 0) is 42.0 Å². The van der Waals surface area contributed by atoms with Crippen LogP contribution in [0, 0.1) is 23.5 Å². The van der Waals surface area contributed by atoms with Crippen molar-refractivity contribution in [2.24, 2.45) is 11.8 Å². The number of ketones is 1. The number of nitrogens with one attached hydrogen (secondary N) is 5. The molecule has 5 N–H and O–H groups in total. The number of likely N-dealkylation sites (tertiary alicyclic amines) is 1. The maximum absolute atomic E-state index is 14.6. The first-order valence-electron chi connectivity index (χ1n) is 20.4. The monoisotopic (exact) mass is 934 g/mol. The van der Waals surface area contributed by atoms with E-state index < -0.39 is 123 Å². The molecule has 1 aliphatic heterocycles. The molecular weight excluding hydrogens is 885 g/mol. The second kappa shape index (κ2) is 23.5. The lowest BCUT2D eigenvalue weighted by atomic mass is 9.96. The van der Waals surface area contributed by atoms with Crippen LogP contribution in [0.15, 0.2) is 72.0 Å². The highest BCUT2D eigenvalue weighted by Gasteiger charge is 2.45. The van der Waals surface area contributed by atoms with Gasteiger partial charge in [-0.15, -0.1) is 0 Å². The number of halogens is 4. The Balaban J connectivity index is 1.54. The number of nitrogens with zero attached hydrogens (tertiary/aromatic N) is 3. The average Bonchev–Trinajstić information content (AvgIpc) is 3.71. The van der Waals surface area contributed by atoms with Crippen molar-refractivity contribution in [1.29, 1.82) is 0 Å². The summed E-state index contributed by atoms with van der Waals surface area (Å²) < 4.78 is 87.1. The molecule has 0 spiro atoms. The third kappa shape index (κ3) is 14.8. The van der Waals surface area contributed by atoms with Gasteiger partial charge in [0.1, 0.15) is 29.9 Å².